The number of nitrogens with one attached hydrogen (secondary N) is 1. The van der Waals surface area contributed by atoms with Crippen molar-refractivity contribution in [3.8, 4) is 0 Å². The molecule has 116 valence electrons. The van der Waals surface area contributed by atoms with E-state index < -0.39 is 0 Å². The Balaban J connectivity index is 1.93. The Labute approximate surface area is 140 Å². The number of halogens is 2. The number of hydrogen-bond donors (Lipinski definition) is 1. The number of amides is 1. The van der Waals surface area contributed by atoms with Crippen LogP contribution >= 0.6 is 27.5 Å². The minimum Gasteiger partial charge on any atom is -0.349 e. The van der Waals surface area contributed by atoms with E-state index in [1.165, 1.54) is 0 Å². The fourth-order valence-corrected chi connectivity index (χ4v) is 3.49. The summed E-state index contributed by atoms with van der Waals surface area (Å²) in [6.07, 6.45) is 1.99. The summed E-state index contributed by atoms with van der Waals surface area (Å²) in [6, 6.07) is 5.49. The van der Waals surface area contributed by atoms with Crippen molar-refractivity contribution < 1.29 is 4.79 Å². The van der Waals surface area contributed by atoms with Gasteiger partial charge in [0, 0.05) is 34.2 Å². The number of carbonyl (C=O) groups is 1. The van der Waals surface area contributed by atoms with Crippen LogP contribution in [-0.4, -0.2) is 35.5 Å². The largest absolute Gasteiger partial charge is 0.349 e. The molecule has 0 unspecified atom stereocenters. The number of likely N-dealkylation sites (tertiary alicyclic amines) is 1. The van der Waals surface area contributed by atoms with Crippen molar-refractivity contribution >= 4 is 33.4 Å². The molecule has 1 aromatic carbocycles. The Bertz CT molecular complexity index is 519. The Morgan fingerprint density at radius 2 is 1.95 bits per heavy atom. The minimum atomic E-state index is -0.0345. The minimum absolute atomic E-state index is 0.0345. The van der Waals surface area contributed by atoms with Gasteiger partial charge in [0.15, 0.2) is 0 Å². The van der Waals surface area contributed by atoms with Gasteiger partial charge in [-0.1, -0.05) is 11.6 Å². The van der Waals surface area contributed by atoms with E-state index in [-0.39, 0.29) is 17.5 Å². The number of nitrogens with zero attached hydrogens (tertiary/aromatic N) is 1. The number of rotatable bonds is 2. The highest BCUT2D eigenvalue weighted by Gasteiger charge is 2.27. The Kier molecular flexibility index (Phi) is 5.33. The first-order valence-electron chi connectivity index (χ1n) is 7.28. The van der Waals surface area contributed by atoms with Crippen LogP contribution in [0.2, 0.25) is 5.02 Å². The molecule has 1 amide bonds. The van der Waals surface area contributed by atoms with E-state index in [0.29, 0.717) is 10.6 Å². The van der Waals surface area contributed by atoms with Gasteiger partial charge in [-0.3, -0.25) is 9.69 Å². The van der Waals surface area contributed by atoms with Gasteiger partial charge < -0.3 is 5.32 Å². The molecule has 0 bridgehead atoms. The van der Waals surface area contributed by atoms with Crippen LogP contribution < -0.4 is 5.32 Å². The first-order chi connectivity index (χ1) is 9.77. The molecule has 0 spiro atoms. The van der Waals surface area contributed by atoms with Crippen LogP contribution in [-0.2, 0) is 0 Å². The molecule has 1 aliphatic heterocycles. The normalized spacial score (nSPS) is 17.8. The summed E-state index contributed by atoms with van der Waals surface area (Å²) >= 11 is 9.30. The summed E-state index contributed by atoms with van der Waals surface area (Å²) in [6.45, 7) is 8.75. The molecule has 1 fully saturated rings. The van der Waals surface area contributed by atoms with Crippen LogP contribution in [0.1, 0.15) is 44.0 Å². The average molecular weight is 374 g/mol. The molecule has 21 heavy (non-hydrogen) atoms. The van der Waals surface area contributed by atoms with Crippen LogP contribution in [0.4, 0.5) is 0 Å². The van der Waals surface area contributed by atoms with E-state index in [9.17, 15) is 4.79 Å². The van der Waals surface area contributed by atoms with E-state index in [1.54, 1.807) is 18.2 Å². The van der Waals surface area contributed by atoms with E-state index >= 15 is 0 Å². The maximum absolute atomic E-state index is 12.3. The molecule has 0 radical (unpaired) electrons. The lowest BCUT2D eigenvalue weighted by atomic mass is 9.98. The van der Waals surface area contributed by atoms with Gasteiger partial charge in [0.25, 0.3) is 5.91 Å². The number of benzene rings is 1. The Morgan fingerprint density at radius 3 is 2.48 bits per heavy atom. The lowest BCUT2D eigenvalue weighted by Gasteiger charge is -2.41. The molecule has 1 aliphatic rings. The Hall–Kier alpha value is -0.580. The predicted octanol–water partition coefficient (Wildman–Crippen LogP) is 4.10. The molecule has 2 rings (SSSR count). The Morgan fingerprint density at radius 1 is 1.33 bits per heavy atom. The molecule has 3 nitrogen and oxygen atoms in total. The van der Waals surface area contributed by atoms with Gasteiger partial charge in [-0.15, -0.1) is 0 Å². The summed E-state index contributed by atoms with van der Waals surface area (Å²) in [7, 11) is 0. The monoisotopic (exact) mass is 372 g/mol. The standard InChI is InChI=1S/C16H22BrClN2O/c1-16(2,3)20-8-6-12(7-9-20)19-15(21)13-5-4-11(18)10-14(13)17/h4-5,10,12H,6-9H2,1-3H3,(H,19,21). The van der Waals surface area contributed by atoms with Gasteiger partial charge in [0.2, 0.25) is 0 Å². The summed E-state index contributed by atoms with van der Waals surface area (Å²) in [4.78, 5) is 14.8. The molecule has 1 saturated heterocycles. The van der Waals surface area contributed by atoms with Crippen LogP contribution in [0.5, 0.6) is 0 Å². The molecule has 0 atom stereocenters. The number of hydrogen-bond acceptors (Lipinski definition) is 2. The lowest BCUT2D eigenvalue weighted by Crippen LogP contribution is -2.50. The van der Waals surface area contributed by atoms with E-state index in [0.717, 1.165) is 30.4 Å². The SMILES string of the molecule is CC(C)(C)N1CCC(NC(=O)c2ccc(Cl)cc2Br)CC1. The molecule has 5 heteroatoms. The fraction of sp³-hybridized carbons (Fsp3) is 0.562. The van der Waals surface area contributed by atoms with Crippen LogP contribution in [0.15, 0.2) is 22.7 Å². The second-order valence-corrected chi connectivity index (χ2v) is 7.82. The highest BCUT2D eigenvalue weighted by Crippen LogP contribution is 2.23. The molecular formula is C16H22BrClN2O. The summed E-state index contributed by atoms with van der Waals surface area (Å²) in [5.74, 6) is -0.0345. The maximum Gasteiger partial charge on any atom is 0.252 e. The van der Waals surface area contributed by atoms with Crippen LogP contribution in [0.25, 0.3) is 0 Å². The van der Waals surface area contributed by atoms with Crippen molar-refractivity contribution in [3.63, 3.8) is 0 Å². The van der Waals surface area contributed by atoms with E-state index in [4.69, 9.17) is 11.6 Å². The van der Waals surface area contributed by atoms with Crippen LogP contribution in [0.3, 0.4) is 0 Å². The fourth-order valence-electron chi connectivity index (χ4n) is 2.63. The van der Waals surface area contributed by atoms with Crippen molar-refractivity contribution in [2.45, 2.75) is 45.2 Å². The van der Waals surface area contributed by atoms with Crippen molar-refractivity contribution in [2.75, 3.05) is 13.1 Å². The third-order valence-corrected chi connectivity index (χ3v) is 4.85. The summed E-state index contributed by atoms with van der Waals surface area (Å²) < 4.78 is 0.736. The molecule has 0 aliphatic carbocycles. The topological polar surface area (TPSA) is 32.3 Å². The highest BCUT2D eigenvalue weighted by molar-refractivity contribution is 9.10. The average Bonchev–Trinajstić information content (AvgIpc) is 2.38. The van der Waals surface area contributed by atoms with Crippen molar-refractivity contribution in [3.05, 3.63) is 33.3 Å². The zero-order valence-electron chi connectivity index (χ0n) is 12.7. The highest BCUT2D eigenvalue weighted by atomic mass is 79.9. The third kappa shape index (κ3) is 4.44. The molecule has 0 saturated carbocycles. The van der Waals surface area contributed by atoms with Gasteiger partial charge in [-0.05, 0) is 67.7 Å². The first-order valence-corrected chi connectivity index (χ1v) is 8.45. The van der Waals surface area contributed by atoms with Gasteiger partial charge in [-0.2, -0.15) is 0 Å². The van der Waals surface area contributed by atoms with Gasteiger partial charge >= 0.3 is 0 Å². The van der Waals surface area contributed by atoms with Crippen LogP contribution in [0, 0.1) is 0 Å². The maximum atomic E-state index is 12.3. The van der Waals surface area contributed by atoms with Gasteiger partial charge in [-0.25, -0.2) is 0 Å². The quantitative estimate of drug-likeness (QED) is 0.846. The molecule has 1 N–H and O–H groups in total. The third-order valence-electron chi connectivity index (χ3n) is 3.95. The second kappa shape index (κ2) is 6.67. The first kappa shape index (κ1) is 16.8. The smallest absolute Gasteiger partial charge is 0.252 e. The van der Waals surface area contributed by atoms with E-state index in [1.807, 2.05) is 0 Å². The molecule has 1 heterocycles. The van der Waals surface area contributed by atoms with E-state index in [2.05, 4.69) is 46.9 Å². The zero-order chi connectivity index (χ0) is 15.6. The molecule has 0 aromatic heterocycles. The number of carbonyl (C=O) groups excluding carboxylic acids is 1. The zero-order valence-corrected chi connectivity index (χ0v) is 15.1. The van der Waals surface area contributed by atoms with Gasteiger partial charge in [0.1, 0.15) is 0 Å². The van der Waals surface area contributed by atoms with Crippen molar-refractivity contribution in [2.24, 2.45) is 0 Å². The van der Waals surface area contributed by atoms with Crippen molar-refractivity contribution in [1.29, 1.82) is 0 Å². The van der Waals surface area contributed by atoms with Crippen molar-refractivity contribution in [1.82, 2.24) is 10.2 Å². The van der Waals surface area contributed by atoms with Gasteiger partial charge in [0.05, 0.1) is 5.56 Å². The summed E-state index contributed by atoms with van der Waals surface area (Å²) in [5.41, 5.74) is 0.839. The summed E-state index contributed by atoms with van der Waals surface area (Å²) in [5, 5.41) is 3.75. The lowest BCUT2D eigenvalue weighted by molar-refractivity contribution is 0.0812. The second-order valence-electron chi connectivity index (χ2n) is 6.53. The molecular weight excluding hydrogens is 352 g/mol. The number of piperidine rings is 1. The predicted molar refractivity (Wildman–Crippen MR) is 91.0 cm³/mol. The molecule has 1 aromatic rings.